The standard InChI is InChI=1S/C20H24N2O4S.C14H18N2O4S.2C14H20N2O2S.C13H16N2O2S.C12H14N2O2S.C11H12N2O4S/c1-25-13-8-9-15(26-2)12(10-13)11-17(23)22-20-18(19(21)24)14-6-4-3-5-7-16(14)27-20;1-20-11(18)7-3-6-10(17)16-14-12(13(15)19)8-4-2-5-9(8)21-14;1-3-5-8(2)13(18)16-14-11(12(15)17)9-6-4-7-10(9)19-14;1-3-8(4-2)13(18)16-14-11(12(15)17)9-6-5-7-10(9)19-14;14-11(16)10-8-5-2-6-9(8)18-13(10)15-12(17)7-3-1-4-7;13-10(15)9-7-2-1-3-8(7)17-12(9)14-11(16)6-4-5-6;1-17-11(16)9(15)13-10-7(8(12)14)5-3-2-4-6(5)18-10/h8-10H,3-7,11H2,1-2H3,(H2,21,24)(H,22,23);2-7H2,1H3,(H2,15,19)(H,16,17);2*8H,3-7H2,1-2H3,(H2,15,17)(H,16,18);7H,1-6H2,(H2,14,16)(H,15,17);6H,1-5H2,(H2,13,15)(H,14,16);2-4H2,1H3,(H2,12,14)(H,13,15). The van der Waals surface area contributed by atoms with Crippen LogP contribution >= 0.6 is 79.4 Å². The van der Waals surface area contributed by atoms with Crippen molar-refractivity contribution in [3.05, 3.63) is 136 Å². The van der Waals surface area contributed by atoms with Crippen molar-refractivity contribution in [2.75, 3.05) is 65.7 Å². The average Bonchev–Trinajstić information content (AvgIpc) is 1.65. The van der Waals surface area contributed by atoms with Crippen molar-refractivity contribution in [3.63, 3.8) is 0 Å². The van der Waals surface area contributed by atoms with Gasteiger partial charge in [-0.15, -0.1) is 79.4 Å². The van der Waals surface area contributed by atoms with Crippen molar-refractivity contribution in [1.29, 1.82) is 0 Å². The summed E-state index contributed by atoms with van der Waals surface area (Å²) in [6, 6.07) is 5.32. The number of nitrogens with two attached hydrogens (primary N) is 7. The number of rotatable bonds is 30. The van der Waals surface area contributed by atoms with Crippen LogP contribution in [-0.4, -0.2) is 123 Å². The molecule has 17 rings (SSSR count). The van der Waals surface area contributed by atoms with Crippen LogP contribution in [0.2, 0.25) is 0 Å². The van der Waals surface area contributed by atoms with E-state index in [1.165, 1.54) is 106 Å². The second kappa shape index (κ2) is 50.4. The minimum Gasteiger partial charge on any atom is -0.497 e. The molecule has 9 aliphatic carbocycles. The molecular formula is C98H124N14O20S7. The van der Waals surface area contributed by atoms with E-state index >= 15 is 0 Å². The Labute approximate surface area is 834 Å². The highest BCUT2D eigenvalue weighted by molar-refractivity contribution is 7.19. The normalized spacial score (nSPS) is 14.7. The lowest BCUT2D eigenvalue weighted by Crippen LogP contribution is -2.28. The number of aryl methyl sites for hydroxylation is 7. The Morgan fingerprint density at radius 1 is 0.360 bits per heavy atom. The molecule has 0 bridgehead atoms. The minimum atomic E-state index is -1.00. The van der Waals surface area contributed by atoms with Crippen LogP contribution < -0.4 is 86.8 Å². The lowest BCUT2D eigenvalue weighted by Gasteiger charge is -2.23. The second-order valence-electron chi connectivity index (χ2n) is 35.1. The molecule has 7 heterocycles. The third-order valence-corrected chi connectivity index (χ3v) is 34.0. The van der Waals surface area contributed by atoms with Gasteiger partial charge >= 0.3 is 17.8 Å². The van der Waals surface area contributed by atoms with Gasteiger partial charge in [-0.1, -0.05) is 47.0 Å². The number of hydrogen-bond donors (Lipinski definition) is 14. The molecule has 21 N–H and O–H groups in total. The van der Waals surface area contributed by atoms with Crippen molar-refractivity contribution < 1.29 is 95.7 Å². The number of nitrogens with one attached hydrogen (secondary N) is 7. The molecule has 41 heteroatoms. The van der Waals surface area contributed by atoms with Crippen LogP contribution in [0.3, 0.4) is 0 Å². The molecule has 9 aliphatic rings. The van der Waals surface area contributed by atoms with Crippen LogP contribution in [0.1, 0.15) is 314 Å². The van der Waals surface area contributed by atoms with Crippen molar-refractivity contribution >= 4 is 209 Å². The molecule has 7 aromatic heterocycles. The van der Waals surface area contributed by atoms with Crippen LogP contribution in [0, 0.1) is 23.7 Å². The molecule has 748 valence electrons. The number of carbonyl (C=O) groups excluding carboxylic acids is 16. The largest absolute Gasteiger partial charge is 0.497 e. The molecule has 8 aromatic rings. The van der Waals surface area contributed by atoms with Crippen LogP contribution in [0.4, 0.5) is 35.0 Å². The number of esters is 2. The van der Waals surface area contributed by atoms with E-state index in [2.05, 4.69) is 53.6 Å². The summed E-state index contributed by atoms with van der Waals surface area (Å²) < 4.78 is 19.4. The SMILES string of the molecule is CCC(CC)C(=O)Nc1sc2c(c1C(N)=O)CCC2.CCCC(C)C(=O)Nc1sc2c(c1C(N)=O)CCC2.COC(=O)C(=O)Nc1sc2c(c1C(N)=O)CCC2.COC(=O)CCCC(=O)Nc1sc2c(c1C(N)=O)CCC2.COc1ccc(OC)c(CC(=O)Nc2sc3c(c2C(N)=O)CCCCC3)c1.NC(=O)c1c(NC(=O)C2CC2)sc2c1CCC2.NC(=O)c1c(NC(=O)C2CCC2)sc2c1CCC2. The number of hydrogen-bond acceptors (Lipinski definition) is 27. The summed E-state index contributed by atoms with van der Waals surface area (Å²) in [7, 11) is 5.56. The zero-order valence-corrected chi connectivity index (χ0v) is 85.3. The van der Waals surface area contributed by atoms with Gasteiger partial charge in [0.15, 0.2) is 0 Å². The van der Waals surface area contributed by atoms with E-state index in [1.54, 1.807) is 32.4 Å². The van der Waals surface area contributed by atoms with Crippen molar-refractivity contribution in [1.82, 2.24) is 0 Å². The first-order valence-corrected chi connectivity index (χ1v) is 52.9. The Morgan fingerprint density at radius 3 is 1.01 bits per heavy atom. The zero-order chi connectivity index (χ0) is 101. The maximum atomic E-state index is 12.7. The lowest BCUT2D eigenvalue weighted by molar-refractivity contribution is -0.150. The number of amides is 14. The first-order valence-electron chi connectivity index (χ1n) is 47.2. The number of ether oxygens (including phenoxy) is 4. The van der Waals surface area contributed by atoms with Gasteiger partial charge < -0.3 is 96.3 Å². The van der Waals surface area contributed by atoms with Gasteiger partial charge in [0.05, 0.1) is 73.8 Å². The predicted molar refractivity (Wildman–Crippen MR) is 543 cm³/mol. The molecule has 139 heavy (non-hydrogen) atoms. The molecule has 0 radical (unpaired) electrons. The smallest absolute Gasteiger partial charge is 0.396 e. The molecule has 14 amide bonds. The first kappa shape index (κ1) is 108. The molecule has 34 nitrogen and oxygen atoms in total. The van der Waals surface area contributed by atoms with E-state index in [9.17, 15) is 76.7 Å². The lowest BCUT2D eigenvalue weighted by atomic mass is 9.85. The van der Waals surface area contributed by atoms with Crippen LogP contribution in [0.15, 0.2) is 18.2 Å². The van der Waals surface area contributed by atoms with Crippen LogP contribution in [0.5, 0.6) is 11.5 Å². The highest BCUT2D eigenvalue weighted by Gasteiger charge is 2.37. The molecule has 2 saturated carbocycles. The van der Waals surface area contributed by atoms with Gasteiger partial charge in [-0.3, -0.25) is 71.9 Å². The number of anilines is 7. The molecule has 1 atom stereocenters. The summed E-state index contributed by atoms with van der Waals surface area (Å²) in [6.45, 7) is 7.96. The maximum absolute atomic E-state index is 12.7. The summed E-state index contributed by atoms with van der Waals surface area (Å²) in [4.78, 5) is 195. The number of carbonyl (C=O) groups is 16. The molecule has 0 spiro atoms. The fraction of sp³-hybridized carbons (Fsp3) is 0.490. The van der Waals surface area contributed by atoms with Gasteiger partial charge in [-0.25, -0.2) is 4.79 Å². The molecule has 0 saturated heterocycles. The average molecular weight is 2040 g/mol. The Kier molecular flexibility index (Phi) is 39.0. The molecule has 0 aliphatic heterocycles. The van der Waals surface area contributed by atoms with Gasteiger partial charge in [0.25, 0.3) is 41.4 Å². The minimum absolute atomic E-state index is 0.00216. The van der Waals surface area contributed by atoms with Crippen LogP contribution in [0.25, 0.3) is 0 Å². The van der Waals surface area contributed by atoms with Crippen molar-refractivity contribution in [3.8, 4) is 11.5 Å². The number of primary amides is 7. The number of thiophene rings is 7. The second-order valence-corrected chi connectivity index (χ2v) is 42.8. The van der Waals surface area contributed by atoms with Gasteiger partial charge in [0.1, 0.15) is 46.5 Å². The Hall–Kier alpha value is -11.8. The van der Waals surface area contributed by atoms with Gasteiger partial charge in [-0.05, 0) is 250 Å². The van der Waals surface area contributed by atoms with Gasteiger partial charge in [0.2, 0.25) is 35.4 Å². The van der Waals surface area contributed by atoms with Crippen molar-refractivity contribution in [2.45, 2.75) is 259 Å². The summed E-state index contributed by atoms with van der Waals surface area (Å²) in [5.41, 5.74) is 49.4. The van der Waals surface area contributed by atoms with E-state index in [0.717, 1.165) is 266 Å². The first-order chi connectivity index (χ1) is 66.5. The predicted octanol–water partition coefficient (Wildman–Crippen LogP) is 14.6. The van der Waals surface area contributed by atoms with E-state index in [0.29, 0.717) is 97.4 Å². The van der Waals surface area contributed by atoms with E-state index in [4.69, 9.17) is 49.6 Å². The third kappa shape index (κ3) is 27.3. The molecule has 2 fully saturated rings. The highest BCUT2D eigenvalue weighted by Crippen LogP contribution is 2.47. The summed E-state index contributed by atoms with van der Waals surface area (Å²) in [6.07, 6.45) is 31.7. The third-order valence-electron chi connectivity index (χ3n) is 25.5. The van der Waals surface area contributed by atoms with Gasteiger partial charge in [0, 0.05) is 76.2 Å². The van der Waals surface area contributed by atoms with Crippen LogP contribution in [-0.2, 0) is 149 Å². The highest BCUT2D eigenvalue weighted by atomic mass is 32.1. The number of methoxy groups -OCH3 is 4. The summed E-state index contributed by atoms with van der Waals surface area (Å²) >= 11 is 10.3. The Morgan fingerprint density at radius 2 is 0.691 bits per heavy atom. The maximum Gasteiger partial charge on any atom is 0.396 e. The fourth-order valence-electron chi connectivity index (χ4n) is 18.0. The fourth-order valence-corrected chi connectivity index (χ4v) is 27.1. The topological polar surface area (TPSA) is 576 Å². The monoisotopic (exact) mass is 2040 g/mol. The Balaban J connectivity index is 0.000000156. The Bertz CT molecular complexity index is 5990. The molecule has 1 aromatic carbocycles. The number of benzene rings is 1. The molecular weight excluding hydrogens is 1920 g/mol. The zero-order valence-electron chi connectivity index (χ0n) is 79.6. The van der Waals surface area contributed by atoms with E-state index < -0.39 is 53.2 Å². The van der Waals surface area contributed by atoms with E-state index in [1.807, 2.05) is 20.8 Å². The number of fused-ring (bicyclic) bond motifs is 7. The van der Waals surface area contributed by atoms with Crippen molar-refractivity contribution in [2.24, 2.45) is 63.8 Å². The summed E-state index contributed by atoms with van der Waals surface area (Å²) in [5.74, 6) is -4.41. The summed E-state index contributed by atoms with van der Waals surface area (Å²) in [5, 5.41) is 23.6. The quantitative estimate of drug-likeness (QED) is 0.0113. The van der Waals surface area contributed by atoms with Gasteiger partial charge in [-0.2, -0.15) is 0 Å². The van der Waals surface area contributed by atoms with E-state index in [-0.39, 0.29) is 84.3 Å². The molecule has 1 unspecified atom stereocenters.